The number of carbonyl (C=O) groups excluding carboxylic acids is 1. The highest BCUT2D eigenvalue weighted by atomic mass is 32.1. The van der Waals surface area contributed by atoms with Crippen LogP contribution in [0.2, 0.25) is 0 Å². The average molecular weight is 426 g/mol. The van der Waals surface area contributed by atoms with Gasteiger partial charge >= 0.3 is 0 Å². The van der Waals surface area contributed by atoms with E-state index in [-0.39, 0.29) is 5.91 Å². The summed E-state index contributed by atoms with van der Waals surface area (Å²) in [5.41, 5.74) is 1.71. The lowest BCUT2D eigenvalue weighted by atomic mass is 10.1. The van der Waals surface area contributed by atoms with Crippen LogP contribution >= 0.6 is 11.3 Å². The fraction of sp³-hybridized carbons (Fsp3) is 0.182. The van der Waals surface area contributed by atoms with Crippen LogP contribution in [-0.2, 0) is 11.3 Å². The molecule has 0 atom stereocenters. The van der Waals surface area contributed by atoms with Gasteiger partial charge < -0.3 is 24.3 Å². The number of nitrogens with zero attached hydrogens (tertiary/aromatic N) is 1. The molecule has 8 heteroatoms. The first kappa shape index (κ1) is 21.2. The van der Waals surface area contributed by atoms with E-state index >= 15 is 0 Å². The van der Waals surface area contributed by atoms with Crippen LogP contribution in [0.5, 0.6) is 28.2 Å². The SMILES string of the molecule is COc1cc(/C=C/C(=O)NCc2ccc(Oc3nccs3)cc2)cc(OC)c1OC. The lowest BCUT2D eigenvalue weighted by Gasteiger charge is -2.12. The summed E-state index contributed by atoms with van der Waals surface area (Å²) in [6.45, 7) is 0.399. The molecule has 1 heterocycles. The second-order valence-corrected chi connectivity index (χ2v) is 6.91. The van der Waals surface area contributed by atoms with Crippen molar-refractivity contribution in [2.24, 2.45) is 0 Å². The first-order valence-corrected chi connectivity index (χ1v) is 9.93. The van der Waals surface area contributed by atoms with Crippen molar-refractivity contribution in [2.75, 3.05) is 21.3 Å². The van der Waals surface area contributed by atoms with Gasteiger partial charge in [0.15, 0.2) is 11.5 Å². The van der Waals surface area contributed by atoms with Crippen molar-refractivity contribution in [1.29, 1.82) is 0 Å². The van der Waals surface area contributed by atoms with Crippen LogP contribution in [0.1, 0.15) is 11.1 Å². The highest BCUT2D eigenvalue weighted by Gasteiger charge is 2.12. The van der Waals surface area contributed by atoms with Gasteiger partial charge in [0, 0.05) is 24.2 Å². The Morgan fingerprint density at radius 1 is 1.07 bits per heavy atom. The largest absolute Gasteiger partial charge is 0.493 e. The number of thiazole rings is 1. The molecule has 0 saturated heterocycles. The number of hydrogen-bond donors (Lipinski definition) is 1. The van der Waals surface area contributed by atoms with Gasteiger partial charge in [-0.05, 0) is 41.5 Å². The summed E-state index contributed by atoms with van der Waals surface area (Å²) in [5.74, 6) is 2.03. The molecule has 0 bridgehead atoms. The third-order valence-electron chi connectivity index (χ3n) is 4.12. The molecule has 0 spiro atoms. The lowest BCUT2D eigenvalue weighted by molar-refractivity contribution is -0.116. The molecule has 0 radical (unpaired) electrons. The Morgan fingerprint density at radius 2 is 1.77 bits per heavy atom. The van der Waals surface area contributed by atoms with Crippen molar-refractivity contribution in [2.45, 2.75) is 6.54 Å². The number of carbonyl (C=O) groups is 1. The highest BCUT2D eigenvalue weighted by Crippen LogP contribution is 2.38. The Bertz CT molecular complexity index is 976. The average Bonchev–Trinajstić information content (AvgIpc) is 3.29. The van der Waals surface area contributed by atoms with Gasteiger partial charge in [0.1, 0.15) is 5.75 Å². The standard InChI is InChI=1S/C22H22N2O5S/c1-26-18-12-16(13-19(27-2)21(18)28-3)6-9-20(25)24-14-15-4-7-17(8-5-15)29-22-23-10-11-30-22/h4-13H,14H2,1-3H3,(H,24,25)/b9-6+. The molecule has 30 heavy (non-hydrogen) atoms. The molecule has 1 N–H and O–H groups in total. The molecule has 0 unspecified atom stereocenters. The van der Waals surface area contributed by atoms with Crippen LogP contribution in [0, 0.1) is 0 Å². The quantitative estimate of drug-likeness (QED) is 0.514. The molecule has 0 saturated carbocycles. The summed E-state index contributed by atoms with van der Waals surface area (Å²) in [5, 5.41) is 5.29. The Hall–Kier alpha value is -3.52. The topological polar surface area (TPSA) is 78.9 Å². The minimum atomic E-state index is -0.216. The maximum Gasteiger partial charge on any atom is 0.278 e. The number of rotatable bonds is 9. The number of aromatic nitrogens is 1. The molecule has 2 aromatic carbocycles. The van der Waals surface area contributed by atoms with E-state index in [0.29, 0.717) is 34.7 Å². The predicted octanol–water partition coefficient (Wildman–Crippen LogP) is 4.29. The summed E-state index contributed by atoms with van der Waals surface area (Å²) in [4.78, 5) is 16.3. The van der Waals surface area contributed by atoms with Gasteiger partial charge in [-0.3, -0.25) is 4.79 Å². The van der Waals surface area contributed by atoms with Crippen molar-refractivity contribution < 1.29 is 23.7 Å². The van der Waals surface area contributed by atoms with Crippen LogP contribution in [0.3, 0.4) is 0 Å². The van der Waals surface area contributed by atoms with Gasteiger partial charge in [-0.15, -0.1) is 0 Å². The maximum absolute atomic E-state index is 12.2. The zero-order valence-electron chi connectivity index (χ0n) is 16.9. The predicted molar refractivity (Wildman–Crippen MR) is 116 cm³/mol. The normalized spacial score (nSPS) is 10.6. The zero-order valence-corrected chi connectivity index (χ0v) is 17.7. The summed E-state index contributed by atoms with van der Waals surface area (Å²) >= 11 is 1.43. The van der Waals surface area contributed by atoms with Gasteiger partial charge in [0.25, 0.3) is 5.19 Å². The molecular weight excluding hydrogens is 404 g/mol. The van der Waals surface area contributed by atoms with E-state index in [1.54, 1.807) is 45.7 Å². The first-order valence-electron chi connectivity index (χ1n) is 9.05. The molecule has 3 aromatic rings. The first-order chi connectivity index (χ1) is 14.6. The van der Waals surface area contributed by atoms with Crippen LogP contribution in [0.4, 0.5) is 0 Å². The van der Waals surface area contributed by atoms with E-state index < -0.39 is 0 Å². The van der Waals surface area contributed by atoms with Gasteiger partial charge in [-0.25, -0.2) is 4.98 Å². The van der Waals surface area contributed by atoms with Gasteiger partial charge in [0.2, 0.25) is 11.7 Å². The number of benzene rings is 2. The number of ether oxygens (including phenoxy) is 4. The Balaban J connectivity index is 1.57. The van der Waals surface area contributed by atoms with Crippen molar-refractivity contribution in [3.8, 4) is 28.2 Å². The van der Waals surface area contributed by atoms with E-state index in [1.165, 1.54) is 17.4 Å². The molecule has 0 aliphatic rings. The smallest absolute Gasteiger partial charge is 0.278 e. The summed E-state index contributed by atoms with van der Waals surface area (Å²) in [6.07, 6.45) is 4.83. The van der Waals surface area contributed by atoms with E-state index in [2.05, 4.69) is 10.3 Å². The van der Waals surface area contributed by atoms with Crippen molar-refractivity contribution >= 4 is 23.3 Å². The fourth-order valence-electron chi connectivity index (χ4n) is 2.65. The molecule has 0 fully saturated rings. The summed E-state index contributed by atoms with van der Waals surface area (Å²) in [6, 6.07) is 11.0. The zero-order chi connectivity index (χ0) is 21.3. The molecule has 0 aliphatic heterocycles. The molecule has 156 valence electrons. The maximum atomic E-state index is 12.2. The third kappa shape index (κ3) is 5.51. The van der Waals surface area contributed by atoms with E-state index in [1.807, 2.05) is 29.6 Å². The fourth-order valence-corrected chi connectivity index (χ4v) is 3.16. The molecule has 1 amide bonds. The van der Waals surface area contributed by atoms with Crippen LogP contribution in [0.15, 0.2) is 54.1 Å². The number of methoxy groups -OCH3 is 3. The third-order valence-corrected chi connectivity index (χ3v) is 4.77. The Kier molecular flexibility index (Phi) is 7.29. The monoisotopic (exact) mass is 426 g/mol. The van der Waals surface area contributed by atoms with Crippen LogP contribution < -0.4 is 24.3 Å². The van der Waals surface area contributed by atoms with E-state index in [0.717, 1.165) is 11.1 Å². The minimum absolute atomic E-state index is 0.216. The van der Waals surface area contributed by atoms with Crippen LogP contribution in [-0.4, -0.2) is 32.2 Å². The lowest BCUT2D eigenvalue weighted by Crippen LogP contribution is -2.20. The molecule has 3 rings (SSSR count). The summed E-state index contributed by atoms with van der Waals surface area (Å²) in [7, 11) is 4.64. The van der Waals surface area contributed by atoms with Gasteiger partial charge in [-0.1, -0.05) is 23.5 Å². The van der Waals surface area contributed by atoms with Crippen molar-refractivity contribution in [1.82, 2.24) is 10.3 Å². The molecule has 0 aliphatic carbocycles. The van der Waals surface area contributed by atoms with Gasteiger partial charge in [0.05, 0.1) is 21.3 Å². The minimum Gasteiger partial charge on any atom is -0.493 e. The van der Waals surface area contributed by atoms with Crippen molar-refractivity contribution in [3.05, 3.63) is 65.2 Å². The summed E-state index contributed by atoms with van der Waals surface area (Å²) < 4.78 is 21.6. The van der Waals surface area contributed by atoms with E-state index in [4.69, 9.17) is 18.9 Å². The van der Waals surface area contributed by atoms with Crippen LogP contribution in [0.25, 0.3) is 6.08 Å². The Labute approximate surface area is 178 Å². The second-order valence-electron chi connectivity index (χ2n) is 6.05. The van der Waals surface area contributed by atoms with E-state index in [9.17, 15) is 4.79 Å². The molecular formula is C22H22N2O5S. The molecule has 1 aromatic heterocycles. The number of hydrogen-bond acceptors (Lipinski definition) is 7. The molecule has 7 nitrogen and oxygen atoms in total. The number of amides is 1. The van der Waals surface area contributed by atoms with Crippen molar-refractivity contribution in [3.63, 3.8) is 0 Å². The van der Waals surface area contributed by atoms with Gasteiger partial charge in [-0.2, -0.15) is 0 Å². The highest BCUT2D eigenvalue weighted by molar-refractivity contribution is 7.11. The second kappa shape index (κ2) is 10.3. The number of nitrogens with one attached hydrogen (secondary N) is 1. The Morgan fingerprint density at radius 3 is 2.33 bits per heavy atom.